The molecule has 7 heteroatoms. The first kappa shape index (κ1) is 20.7. The molecule has 0 aromatic heterocycles. The molecule has 1 saturated carbocycles. The maximum Gasteiger partial charge on any atom is 0.124 e. The number of alkyl halides is 1. The van der Waals surface area contributed by atoms with E-state index in [1.807, 2.05) is 7.05 Å². The Bertz CT molecular complexity index is 561. The molecule has 3 aliphatic heterocycles. The summed E-state index contributed by atoms with van der Waals surface area (Å²) in [6.45, 7) is 6.12. The molecular weight excluding hydrogens is 357 g/mol. The fourth-order valence-corrected chi connectivity index (χ4v) is 5.67. The van der Waals surface area contributed by atoms with Crippen molar-refractivity contribution in [2.24, 2.45) is 11.8 Å². The molecule has 2 saturated heterocycles. The molecule has 4 aliphatic rings. The van der Waals surface area contributed by atoms with Crippen molar-refractivity contribution in [1.29, 1.82) is 0 Å². The first-order chi connectivity index (χ1) is 13.5. The van der Waals surface area contributed by atoms with E-state index < -0.39 is 6.17 Å². The Morgan fingerprint density at radius 1 is 1.21 bits per heavy atom. The third-order valence-corrected chi connectivity index (χ3v) is 7.04. The maximum atomic E-state index is 16.0. The molecule has 9 atom stereocenters. The molecule has 4 rings (SSSR count). The van der Waals surface area contributed by atoms with E-state index in [1.54, 1.807) is 0 Å². The molecule has 0 aromatic carbocycles. The fourth-order valence-electron chi connectivity index (χ4n) is 5.67. The average molecular weight is 396 g/mol. The van der Waals surface area contributed by atoms with Crippen LogP contribution in [0.5, 0.6) is 0 Å². The van der Waals surface area contributed by atoms with E-state index in [0.29, 0.717) is 18.0 Å². The Kier molecular flexibility index (Phi) is 6.70. The van der Waals surface area contributed by atoms with Crippen molar-refractivity contribution in [1.82, 2.24) is 26.6 Å². The lowest BCUT2D eigenvalue weighted by Gasteiger charge is -2.45. The van der Waals surface area contributed by atoms with Gasteiger partial charge in [0.25, 0.3) is 0 Å². The predicted octanol–water partition coefficient (Wildman–Crippen LogP) is 1.21. The minimum Gasteiger partial charge on any atom is -0.377 e. The highest BCUT2D eigenvalue weighted by Crippen LogP contribution is 2.44. The maximum absolute atomic E-state index is 16.0. The van der Waals surface area contributed by atoms with Crippen LogP contribution in [0.3, 0.4) is 0 Å². The van der Waals surface area contributed by atoms with Crippen molar-refractivity contribution in [3.8, 4) is 0 Å². The van der Waals surface area contributed by atoms with E-state index in [1.165, 1.54) is 5.57 Å². The van der Waals surface area contributed by atoms with E-state index in [2.05, 4.69) is 46.5 Å². The topological polar surface area (TPSA) is 69.4 Å². The number of ether oxygens (including phenoxy) is 1. The van der Waals surface area contributed by atoms with Gasteiger partial charge in [0.2, 0.25) is 0 Å². The molecule has 0 amide bonds. The molecule has 8 unspecified atom stereocenters. The summed E-state index contributed by atoms with van der Waals surface area (Å²) in [6.07, 6.45) is 6.50. The quantitative estimate of drug-likeness (QED) is 0.461. The molecule has 0 aromatic rings. The smallest absolute Gasteiger partial charge is 0.124 e. The highest BCUT2D eigenvalue weighted by molar-refractivity contribution is 5.19. The zero-order valence-electron chi connectivity index (χ0n) is 17.5. The standard InChI is InChI=1S/C21H38FN5O/c1-12-9-14(5-4-7-24-12)18-19(22)16(11-15-6-8-28-20(15)18)26-21-25-13(2)10-17(23-3)27-21/h9,12-13,15-21,23-27H,4-8,10-11H2,1-3H3/t12-,13?,15?,16?,17?,18?,19?,20?,21?/m0/s1. The van der Waals surface area contributed by atoms with Crippen molar-refractivity contribution in [2.75, 3.05) is 20.2 Å². The van der Waals surface area contributed by atoms with Crippen LogP contribution in [0.2, 0.25) is 0 Å². The number of hydrogen-bond donors (Lipinski definition) is 5. The van der Waals surface area contributed by atoms with E-state index in [9.17, 15) is 0 Å². The number of halogens is 1. The van der Waals surface area contributed by atoms with Crippen molar-refractivity contribution >= 4 is 0 Å². The molecule has 0 spiro atoms. The van der Waals surface area contributed by atoms with E-state index in [-0.39, 0.29) is 30.5 Å². The van der Waals surface area contributed by atoms with Gasteiger partial charge >= 0.3 is 0 Å². The van der Waals surface area contributed by atoms with Crippen LogP contribution in [0.1, 0.15) is 46.0 Å². The Morgan fingerprint density at radius 2 is 2.07 bits per heavy atom. The normalized spacial score (nSPS) is 47.3. The van der Waals surface area contributed by atoms with Crippen LogP contribution in [-0.4, -0.2) is 63.1 Å². The molecule has 6 nitrogen and oxygen atoms in total. The summed E-state index contributed by atoms with van der Waals surface area (Å²) in [7, 11) is 1.97. The van der Waals surface area contributed by atoms with Gasteiger partial charge in [0.05, 0.1) is 12.3 Å². The van der Waals surface area contributed by atoms with Crippen LogP contribution in [-0.2, 0) is 4.74 Å². The zero-order chi connectivity index (χ0) is 19.7. The summed E-state index contributed by atoms with van der Waals surface area (Å²) in [5, 5.41) is 17.4. The van der Waals surface area contributed by atoms with Gasteiger partial charge in [-0.15, -0.1) is 0 Å². The molecule has 0 bridgehead atoms. The van der Waals surface area contributed by atoms with Crippen molar-refractivity contribution in [3.05, 3.63) is 11.6 Å². The minimum absolute atomic E-state index is 0.0425. The molecule has 28 heavy (non-hydrogen) atoms. The highest BCUT2D eigenvalue weighted by atomic mass is 19.1. The molecular formula is C21H38FN5O. The van der Waals surface area contributed by atoms with E-state index in [0.717, 1.165) is 45.3 Å². The third kappa shape index (κ3) is 4.45. The molecule has 0 radical (unpaired) electrons. The van der Waals surface area contributed by atoms with Gasteiger partial charge in [-0.05, 0) is 65.5 Å². The monoisotopic (exact) mass is 395 g/mol. The lowest BCUT2D eigenvalue weighted by atomic mass is 9.70. The second-order valence-corrected chi connectivity index (χ2v) is 9.20. The first-order valence-electron chi connectivity index (χ1n) is 11.2. The van der Waals surface area contributed by atoms with Crippen LogP contribution in [0.15, 0.2) is 11.6 Å². The molecule has 160 valence electrons. The van der Waals surface area contributed by atoms with E-state index >= 15 is 4.39 Å². The summed E-state index contributed by atoms with van der Waals surface area (Å²) < 4.78 is 22.0. The summed E-state index contributed by atoms with van der Waals surface area (Å²) in [6, 6.07) is 0.526. The summed E-state index contributed by atoms with van der Waals surface area (Å²) in [4.78, 5) is 0. The van der Waals surface area contributed by atoms with Crippen LogP contribution < -0.4 is 26.6 Å². The van der Waals surface area contributed by atoms with Crippen molar-refractivity contribution in [3.63, 3.8) is 0 Å². The van der Waals surface area contributed by atoms with E-state index in [4.69, 9.17) is 4.74 Å². The lowest BCUT2D eigenvalue weighted by molar-refractivity contribution is -0.0262. The Morgan fingerprint density at radius 3 is 2.89 bits per heavy atom. The van der Waals surface area contributed by atoms with Crippen LogP contribution >= 0.6 is 0 Å². The molecule has 3 heterocycles. The van der Waals surface area contributed by atoms with Gasteiger partial charge in [0.15, 0.2) is 0 Å². The van der Waals surface area contributed by atoms with Gasteiger partial charge in [0.1, 0.15) is 12.5 Å². The Balaban J connectivity index is 1.51. The van der Waals surface area contributed by atoms with Crippen molar-refractivity contribution < 1.29 is 9.13 Å². The molecule has 3 fully saturated rings. The third-order valence-electron chi connectivity index (χ3n) is 7.04. The van der Waals surface area contributed by atoms with Gasteiger partial charge in [-0.25, -0.2) is 4.39 Å². The second-order valence-electron chi connectivity index (χ2n) is 9.20. The number of hydrogen-bond acceptors (Lipinski definition) is 6. The van der Waals surface area contributed by atoms with Crippen LogP contribution in [0, 0.1) is 11.8 Å². The summed E-state index contributed by atoms with van der Waals surface area (Å²) in [5.41, 5.74) is 1.26. The van der Waals surface area contributed by atoms with Gasteiger partial charge in [-0.2, -0.15) is 0 Å². The zero-order valence-corrected chi connectivity index (χ0v) is 17.5. The van der Waals surface area contributed by atoms with Crippen molar-refractivity contribution in [2.45, 2.75) is 88.8 Å². The number of fused-ring (bicyclic) bond motifs is 1. The first-order valence-corrected chi connectivity index (χ1v) is 11.2. The molecule has 1 aliphatic carbocycles. The summed E-state index contributed by atoms with van der Waals surface area (Å²) in [5.74, 6) is 0.324. The number of rotatable bonds is 4. The lowest BCUT2D eigenvalue weighted by Crippen LogP contribution is -2.69. The summed E-state index contributed by atoms with van der Waals surface area (Å²) >= 11 is 0. The van der Waals surface area contributed by atoms with Gasteiger partial charge < -0.3 is 15.4 Å². The van der Waals surface area contributed by atoms with Gasteiger partial charge in [0, 0.05) is 30.7 Å². The van der Waals surface area contributed by atoms with Crippen LogP contribution in [0.4, 0.5) is 4.39 Å². The minimum atomic E-state index is -0.926. The Hall–Kier alpha value is -0.570. The number of nitrogens with one attached hydrogen (secondary N) is 5. The SMILES string of the molecule is CNC1CC(C)NC(NC2CC3CCOC3C(C3=C[C@H](C)NCCC3)C2F)N1. The Labute approximate surface area is 168 Å². The second kappa shape index (κ2) is 9.06. The largest absolute Gasteiger partial charge is 0.377 e. The molecule has 5 N–H and O–H groups in total. The predicted molar refractivity (Wildman–Crippen MR) is 110 cm³/mol. The van der Waals surface area contributed by atoms with Crippen LogP contribution in [0.25, 0.3) is 0 Å². The average Bonchev–Trinajstić information content (AvgIpc) is 3.01. The highest BCUT2D eigenvalue weighted by Gasteiger charge is 2.49. The fraction of sp³-hybridized carbons (Fsp3) is 0.905. The van der Waals surface area contributed by atoms with Gasteiger partial charge in [-0.1, -0.05) is 11.6 Å². The van der Waals surface area contributed by atoms with Gasteiger partial charge in [-0.3, -0.25) is 16.0 Å².